The largest absolute Gasteiger partial charge is 0.417 e. The number of pyridine rings is 1. The number of hydrogen-bond acceptors (Lipinski definition) is 5. The summed E-state index contributed by atoms with van der Waals surface area (Å²) in [6.45, 7) is 6.43. The van der Waals surface area contributed by atoms with Gasteiger partial charge in [0.1, 0.15) is 11.6 Å². The van der Waals surface area contributed by atoms with Crippen LogP contribution < -0.4 is 4.90 Å². The lowest BCUT2D eigenvalue weighted by Gasteiger charge is -2.41. The average Bonchev–Trinajstić information content (AvgIpc) is 2.95. The van der Waals surface area contributed by atoms with Gasteiger partial charge in [-0.05, 0) is 12.5 Å². The second-order valence-electron chi connectivity index (χ2n) is 7.60. The molecule has 0 spiro atoms. The second kappa shape index (κ2) is 6.82. The lowest BCUT2D eigenvalue weighted by Crippen LogP contribution is -2.53. The molecule has 0 N–H and O–H groups in total. The molecule has 1 aliphatic rings. The monoisotopic (exact) mass is 401 g/mol. The zero-order chi connectivity index (χ0) is 20.0. The van der Waals surface area contributed by atoms with E-state index in [0.29, 0.717) is 24.4 Å². The number of nitrogens with zero attached hydrogens (tertiary/aromatic N) is 3. The Bertz CT molecular complexity index is 858. The molecule has 146 valence electrons. The van der Waals surface area contributed by atoms with Gasteiger partial charge in [-0.25, -0.2) is 4.98 Å². The Kier molecular flexibility index (Phi) is 4.96. The zero-order valence-corrected chi connectivity index (χ0v) is 15.9. The summed E-state index contributed by atoms with van der Waals surface area (Å²) in [5, 5.41) is 3.81. The van der Waals surface area contributed by atoms with Gasteiger partial charge in [0, 0.05) is 24.2 Å². The molecule has 0 saturated carbocycles. The van der Waals surface area contributed by atoms with Gasteiger partial charge in [0.05, 0.1) is 28.7 Å². The molecule has 1 atom stereocenters. The number of rotatable bonds is 4. The fourth-order valence-corrected chi connectivity index (χ4v) is 3.09. The molecule has 0 aromatic carbocycles. The van der Waals surface area contributed by atoms with E-state index < -0.39 is 17.8 Å². The molecule has 27 heavy (non-hydrogen) atoms. The predicted octanol–water partition coefficient (Wildman–Crippen LogP) is 4.43. The van der Waals surface area contributed by atoms with Crippen LogP contribution in [0.4, 0.5) is 19.0 Å². The van der Waals surface area contributed by atoms with Crippen molar-refractivity contribution in [2.24, 2.45) is 0 Å². The van der Waals surface area contributed by atoms with Crippen molar-refractivity contribution in [3.05, 3.63) is 40.4 Å². The van der Waals surface area contributed by atoms with E-state index in [1.54, 1.807) is 11.0 Å². The van der Waals surface area contributed by atoms with Crippen LogP contribution in [0.15, 0.2) is 22.9 Å². The predicted molar refractivity (Wildman–Crippen MR) is 93.9 cm³/mol. The second-order valence-corrected chi connectivity index (χ2v) is 8.01. The molecule has 3 rings (SSSR count). The molecule has 1 aliphatic heterocycles. The standard InChI is InChI=1S/C18H19ClF3N3O2/c1-17(2,3)15-8-11(24-27-15)7-14(26)13-4-5-25(13)16-12(19)6-10(9-23-16)18(20,21)22/h6,8-9,13H,4-5,7H2,1-3H3/t13-/m0/s1. The molecule has 2 aromatic heterocycles. The highest BCUT2D eigenvalue weighted by Crippen LogP contribution is 2.36. The number of carbonyl (C=O) groups is 1. The number of ketones is 1. The number of alkyl halides is 3. The zero-order valence-electron chi connectivity index (χ0n) is 15.1. The van der Waals surface area contributed by atoms with Crippen molar-refractivity contribution in [1.82, 2.24) is 10.1 Å². The Balaban J connectivity index is 1.72. The Morgan fingerprint density at radius 1 is 1.33 bits per heavy atom. The average molecular weight is 402 g/mol. The van der Waals surface area contributed by atoms with Crippen molar-refractivity contribution in [2.45, 2.75) is 51.2 Å². The number of carbonyl (C=O) groups excluding carboxylic acids is 1. The minimum absolute atomic E-state index is 0.0823. The maximum Gasteiger partial charge on any atom is 0.417 e. The van der Waals surface area contributed by atoms with E-state index in [-0.39, 0.29) is 28.5 Å². The van der Waals surface area contributed by atoms with Crippen LogP contribution in [0.25, 0.3) is 0 Å². The van der Waals surface area contributed by atoms with Gasteiger partial charge in [-0.15, -0.1) is 0 Å². The smallest absolute Gasteiger partial charge is 0.361 e. The number of anilines is 1. The van der Waals surface area contributed by atoms with Gasteiger partial charge >= 0.3 is 6.18 Å². The van der Waals surface area contributed by atoms with Crippen molar-refractivity contribution in [3.63, 3.8) is 0 Å². The fraction of sp³-hybridized carbons (Fsp3) is 0.500. The molecule has 0 amide bonds. The van der Waals surface area contributed by atoms with Gasteiger partial charge in [0.15, 0.2) is 5.78 Å². The number of aromatic nitrogens is 2. The summed E-state index contributed by atoms with van der Waals surface area (Å²) in [5.41, 5.74) is -0.603. The van der Waals surface area contributed by atoms with E-state index in [1.165, 1.54) is 0 Å². The fourth-order valence-electron chi connectivity index (χ4n) is 2.82. The molecule has 0 bridgehead atoms. The maximum atomic E-state index is 12.7. The van der Waals surface area contributed by atoms with E-state index in [0.717, 1.165) is 12.3 Å². The Morgan fingerprint density at radius 3 is 2.52 bits per heavy atom. The summed E-state index contributed by atoms with van der Waals surface area (Å²) in [6.07, 6.45) is -3.12. The van der Waals surface area contributed by atoms with E-state index in [9.17, 15) is 18.0 Å². The van der Waals surface area contributed by atoms with Crippen molar-refractivity contribution < 1.29 is 22.5 Å². The highest BCUT2D eigenvalue weighted by atomic mass is 35.5. The molecule has 0 radical (unpaired) electrons. The first-order valence-corrected chi connectivity index (χ1v) is 8.83. The molecule has 2 aromatic rings. The first-order valence-electron chi connectivity index (χ1n) is 8.45. The third kappa shape index (κ3) is 4.10. The van der Waals surface area contributed by atoms with Crippen molar-refractivity contribution in [1.29, 1.82) is 0 Å². The van der Waals surface area contributed by atoms with Gasteiger partial charge < -0.3 is 9.42 Å². The molecular weight excluding hydrogens is 383 g/mol. The summed E-state index contributed by atoms with van der Waals surface area (Å²) >= 11 is 5.98. The van der Waals surface area contributed by atoms with Gasteiger partial charge in [0.25, 0.3) is 0 Å². The summed E-state index contributed by atoms with van der Waals surface area (Å²) in [6, 6.07) is 2.10. The molecule has 1 fully saturated rings. The lowest BCUT2D eigenvalue weighted by atomic mass is 9.92. The van der Waals surface area contributed by atoms with Gasteiger partial charge in [-0.3, -0.25) is 4.79 Å². The molecule has 0 aliphatic carbocycles. The number of Topliss-reactive ketones (excluding diaryl/α,β-unsaturated/α-hetero) is 1. The molecule has 9 heteroatoms. The maximum absolute atomic E-state index is 12.7. The Hall–Kier alpha value is -2.09. The topological polar surface area (TPSA) is 59.2 Å². The first-order chi connectivity index (χ1) is 12.5. The van der Waals surface area contributed by atoms with Crippen LogP contribution in [0.1, 0.15) is 44.2 Å². The minimum atomic E-state index is -4.52. The van der Waals surface area contributed by atoms with Crippen molar-refractivity contribution >= 4 is 23.2 Å². The molecule has 3 heterocycles. The van der Waals surface area contributed by atoms with Crippen LogP contribution in [-0.4, -0.2) is 28.5 Å². The minimum Gasteiger partial charge on any atom is -0.361 e. The van der Waals surface area contributed by atoms with E-state index >= 15 is 0 Å². The normalized spacial score (nSPS) is 17.7. The van der Waals surface area contributed by atoms with E-state index in [1.807, 2.05) is 20.8 Å². The molecule has 0 unspecified atom stereocenters. The molecular formula is C18H19ClF3N3O2. The third-order valence-electron chi connectivity index (χ3n) is 4.47. The highest BCUT2D eigenvalue weighted by Gasteiger charge is 2.38. The Labute approximate surface area is 159 Å². The first kappa shape index (κ1) is 19.7. The van der Waals surface area contributed by atoms with Crippen LogP contribution in [0.2, 0.25) is 5.02 Å². The number of hydrogen-bond donors (Lipinski definition) is 0. The highest BCUT2D eigenvalue weighted by molar-refractivity contribution is 6.33. The van der Waals surface area contributed by atoms with Crippen LogP contribution in [0, 0.1) is 0 Å². The van der Waals surface area contributed by atoms with Crippen molar-refractivity contribution in [2.75, 3.05) is 11.4 Å². The van der Waals surface area contributed by atoms with Crippen LogP contribution in [0.3, 0.4) is 0 Å². The van der Waals surface area contributed by atoms with Crippen LogP contribution in [-0.2, 0) is 22.8 Å². The summed E-state index contributed by atoms with van der Waals surface area (Å²) in [7, 11) is 0. The number of halogens is 4. The quantitative estimate of drug-likeness (QED) is 0.758. The third-order valence-corrected chi connectivity index (χ3v) is 4.74. The summed E-state index contributed by atoms with van der Waals surface area (Å²) in [5.74, 6) is 0.765. The summed E-state index contributed by atoms with van der Waals surface area (Å²) < 4.78 is 43.5. The van der Waals surface area contributed by atoms with Gasteiger partial charge in [-0.2, -0.15) is 13.2 Å². The lowest BCUT2D eigenvalue weighted by molar-refractivity contribution is -0.137. The SMILES string of the molecule is CC(C)(C)c1cc(CC(=O)[C@@H]2CCN2c2ncc(C(F)(F)F)cc2Cl)no1. The van der Waals surface area contributed by atoms with Gasteiger partial charge in [-0.1, -0.05) is 37.5 Å². The van der Waals surface area contributed by atoms with Crippen LogP contribution in [0.5, 0.6) is 0 Å². The molecule has 1 saturated heterocycles. The Morgan fingerprint density at radius 2 is 2.04 bits per heavy atom. The van der Waals surface area contributed by atoms with Crippen molar-refractivity contribution in [3.8, 4) is 0 Å². The van der Waals surface area contributed by atoms with Gasteiger partial charge in [0.2, 0.25) is 0 Å². The molecule has 5 nitrogen and oxygen atoms in total. The summed E-state index contributed by atoms with van der Waals surface area (Å²) in [4.78, 5) is 18.1. The van der Waals surface area contributed by atoms with E-state index in [2.05, 4.69) is 10.1 Å². The van der Waals surface area contributed by atoms with Crippen LogP contribution >= 0.6 is 11.6 Å². The van der Waals surface area contributed by atoms with E-state index in [4.69, 9.17) is 16.1 Å².